The largest absolute Gasteiger partial charge is 0.309 e. The third-order valence-corrected chi connectivity index (χ3v) is 2.93. The molecule has 5 heteroatoms. The molecule has 2 N–H and O–H groups in total. The number of hydrogen-bond donors (Lipinski definition) is 2. The fourth-order valence-electron chi connectivity index (χ4n) is 1.80. The molecule has 0 saturated carbocycles. The molecule has 0 spiro atoms. The number of aromatic nitrogens is 2. The monoisotopic (exact) mass is 271 g/mol. The number of nitrogens with zero attached hydrogens (tertiary/aromatic N) is 1. The van der Waals surface area contributed by atoms with E-state index in [1.54, 1.807) is 18.2 Å². The van der Waals surface area contributed by atoms with E-state index in [1.807, 2.05) is 26.0 Å². The van der Waals surface area contributed by atoms with Crippen LogP contribution in [0.25, 0.3) is 0 Å². The number of benzene rings is 1. The Bertz CT molecular complexity index is 614. The molecule has 0 aliphatic heterocycles. The maximum atomic E-state index is 11.9. The molecule has 1 aromatic heterocycles. The van der Waals surface area contributed by atoms with Crippen LogP contribution in [0.1, 0.15) is 34.5 Å². The Labute approximate surface area is 117 Å². The zero-order chi connectivity index (χ0) is 14.5. The lowest BCUT2D eigenvalue weighted by atomic mass is 10.1. The van der Waals surface area contributed by atoms with Crippen LogP contribution < -0.4 is 5.32 Å². The molecule has 0 aliphatic carbocycles. The Morgan fingerprint density at radius 1 is 1.15 bits per heavy atom. The lowest BCUT2D eigenvalue weighted by molar-refractivity contribution is -0.116. The fourth-order valence-corrected chi connectivity index (χ4v) is 1.80. The van der Waals surface area contributed by atoms with E-state index in [9.17, 15) is 9.59 Å². The number of amides is 1. The molecule has 2 aromatic rings. The summed E-state index contributed by atoms with van der Waals surface area (Å²) in [6.07, 6.45) is 0.344. The molecule has 0 atom stereocenters. The number of anilines is 1. The Morgan fingerprint density at radius 3 is 2.45 bits per heavy atom. The molecule has 104 valence electrons. The van der Waals surface area contributed by atoms with E-state index in [1.165, 1.54) is 0 Å². The number of nitrogens with one attached hydrogen (secondary N) is 2. The number of aromatic amines is 1. The zero-order valence-electron chi connectivity index (χ0n) is 11.6. The molecular formula is C15H17N3O2. The minimum atomic E-state index is -0.211. The summed E-state index contributed by atoms with van der Waals surface area (Å²) in [4.78, 5) is 23.6. The van der Waals surface area contributed by atoms with Crippen molar-refractivity contribution in [2.75, 3.05) is 5.32 Å². The van der Waals surface area contributed by atoms with E-state index < -0.39 is 0 Å². The number of hydrogen-bond acceptors (Lipinski definition) is 3. The highest BCUT2D eigenvalue weighted by atomic mass is 16.2. The number of aryl methyl sites for hydroxylation is 2. The quantitative estimate of drug-likeness (QED) is 0.821. The Hall–Kier alpha value is -2.43. The summed E-state index contributed by atoms with van der Waals surface area (Å²) in [7, 11) is 0. The molecule has 0 fully saturated rings. The third-order valence-electron chi connectivity index (χ3n) is 2.93. The predicted octanol–water partition coefficient (Wildman–Crippen LogP) is 2.63. The molecule has 0 aliphatic rings. The normalized spacial score (nSPS) is 10.3. The number of carbonyl (C=O) groups is 2. The lowest BCUT2D eigenvalue weighted by Crippen LogP contribution is -2.13. The molecule has 0 saturated heterocycles. The molecule has 0 radical (unpaired) electrons. The van der Waals surface area contributed by atoms with Gasteiger partial charge >= 0.3 is 0 Å². The average Bonchev–Trinajstić information content (AvgIpc) is 2.82. The van der Waals surface area contributed by atoms with E-state index in [2.05, 4.69) is 15.5 Å². The predicted molar refractivity (Wildman–Crippen MR) is 76.7 cm³/mol. The van der Waals surface area contributed by atoms with Gasteiger partial charge in [-0.3, -0.25) is 14.7 Å². The van der Waals surface area contributed by atoms with E-state index in [4.69, 9.17) is 0 Å². The van der Waals surface area contributed by atoms with Crippen LogP contribution in [0.5, 0.6) is 0 Å². The SMILES string of the molecule is Cc1ccc(C(=O)CCC(=O)Nc2cc(C)[nH]n2)cc1. The molecule has 0 unspecified atom stereocenters. The summed E-state index contributed by atoms with van der Waals surface area (Å²) in [6.45, 7) is 3.82. The van der Waals surface area contributed by atoms with Gasteiger partial charge in [0, 0.05) is 30.2 Å². The van der Waals surface area contributed by atoms with Crippen LogP contribution in [0.4, 0.5) is 5.82 Å². The van der Waals surface area contributed by atoms with Crippen LogP contribution >= 0.6 is 0 Å². The smallest absolute Gasteiger partial charge is 0.226 e. The standard InChI is InChI=1S/C15H17N3O2/c1-10-3-5-12(6-4-10)13(19)7-8-15(20)16-14-9-11(2)17-18-14/h3-6,9H,7-8H2,1-2H3,(H2,16,17,18,20). The van der Waals surface area contributed by atoms with Crippen LogP contribution in [-0.2, 0) is 4.79 Å². The maximum absolute atomic E-state index is 11.9. The Kier molecular flexibility index (Phi) is 4.30. The summed E-state index contributed by atoms with van der Waals surface area (Å²) < 4.78 is 0. The summed E-state index contributed by atoms with van der Waals surface area (Å²) in [6, 6.07) is 9.08. The van der Waals surface area contributed by atoms with Crippen molar-refractivity contribution in [1.82, 2.24) is 10.2 Å². The first kappa shape index (κ1) is 14.0. The van der Waals surface area contributed by atoms with Gasteiger partial charge in [0.05, 0.1) is 0 Å². The van der Waals surface area contributed by atoms with Crippen LogP contribution in [0.15, 0.2) is 30.3 Å². The van der Waals surface area contributed by atoms with Crippen molar-refractivity contribution >= 4 is 17.5 Å². The van der Waals surface area contributed by atoms with E-state index in [0.29, 0.717) is 11.4 Å². The van der Waals surface area contributed by atoms with Crippen molar-refractivity contribution in [3.05, 3.63) is 47.2 Å². The summed E-state index contributed by atoms with van der Waals surface area (Å²) in [5.74, 6) is 0.241. The minimum absolute atomic E-state index is 0.0293. The summed E-state index contributed by atoms with van der Waals surface area (Å²) >= 11 is 0. The molecule has 5 nitrogen and oxygen atoms in total. The summed E-state index contributed by atoms with van der Waals surface area (Å²) in [5, 5.41) is 9.29. The second kappa shape index (κ2) is 6.14. The summed E-state index contributed by atoms with van der Waals surface area (Å²) in [5.41, 5.74) is 2.61. The van der Waals surface area contributed by atoms with Gasteiger partial charge in [0.15, 0.2) is 11.6 Å². The number of carbonyl (C=O) groups excluding carboxylic acids is 2. The molecule has 1 aromatic carbocycles. The molecule has 20 heavy (non-hydrogen) atoms. The van der Waals surface area contributed by atoms with Gasteiger partial charge in [0.1, 0.15) is 0 Å². The molecule has 1 heterocycles. The van der Waals surface area contributed by atoms with Gasteiger partial charge in [-0.15, -0.1) is 0 Å². The highest BCUT2D eigenvalue weighted by molar-refractivity contribution is 5.99. The lowest BCUT2D eigenvalue weighted by Gasteiger charge is -2.02. The first-order valence-corrected chi connectivity index (χ1v) is 6.46. The second-order valence-electron chi connectivity index (χ2n) is 4.77. The maximum Gasteiger partial charge on any atom is 0.226 e. The van der Waals surface area contributed by atoms with Crippen LogP contribution in [0.3, 0.4) is 0 Å². The first-order chi connectivity index (χ1) is 9.54. The Balaban J connectivity index is 1.84. The molecule has 1 amide bonds. The van der Waals surface area contributed by atoms with Crippen LogP contribution in [0.2, 0.25) is 0 Å². The Morgan fingerprint density at radius 2 is 1.85 bits per heavy atom. The van der Waals surface area contributed by atoms with Crippen molar-refractivity contribution in [2.45, 2.75) is 26.7 Å². The van der Waals surface area contributed by atoms with Crippen molar-refractivity contribution in [2.24, 2.45) is 0 Å². The number of Topliss-reactive ketones (excluding diaryl/α,β-unsaturated/α-hetero) is 1. The van der Waals surface area contributed by atoms with Gasteiger partial charge in [-0.2, -0.15) is 5.10 Å². The van der Waals surface area contributed by atoms with Gasteiger partial charge in [-0.1, -0.05) is 29.8 Å². The van der Waals surface area contributed by atoms with Crippen molar-refractivity contribution < 1.29 is 9.59 Å². The topological polar surface area (TPSA) is 74.8 Å². The van der Waals surface area contributed by atoms with Gasteiger partial charge in [-0.25, -0.2) is 0 Å². The fraction of sp³-hybridized carbons (Fsp3) is 0.267. The number of rotatable bonds is 5. The average molecular weight is 271 g/mol. The highest BCUT2D eigenvalue weighted by Gasteiger charge is 2.10. The first-order valence-electron chi connectivity index (χ1n) is 6.46. The van der Waals surface area contributed by atoms with Gasteiger partial charge in [0.2, 0.25) is 5.91 Å². The van der Waals surface area contributed by atoms with Crippen molar-refractivity contribution in [3.8, 4) is 0 Å². The van der Waals surface area contributed by atoms with E-state index in [0.717, 1.165) is 11.3 Å². The van der Waals surface area contributed by atoms with E-state index in [-0.39, 0.29) is 24.5 Å². The van der Waals surface area contributed by atoms with Crippen molar-refractivity contribution in [1.29, 1.82) is 0 Å². The number of H-pyrrole nitrogens is 1. The molecular weight excluding hydrogens is 254 g/mol. The van der Waals surface area contributed by atoms with Gasteiger partial charge < -0.3 is 5.32 Å². The van der Waals surface area contributed by atoms with Crippen LogP contribution in [-0.4, -0.2) is 21.9 Å². The van der Waals surface area contributed by atoms with Crippen LogP contribution in [0, 0.1) is 13.8 Å². The minimum Gasteiger partial charge on any atom is -0.309 e. The second-order valence-corrected chi connectivity index (χ2v) is 4.77. The zero-order valence-corrected chi connectivity index (χ0v) is 11.6. The molecule has 0 bridgehead atoms. The van der Waals surface area contributed by atoms with E-state index >= 15 is 0 Å². The van der Waals surface area contributed by atoms with Gasteiger partial charge in [-0.05, 0) is 13.8 Å². The van der Waals surface area contributed by atoms with Crippen molar-refractivity contribution in [3.63, 3.8) is 0 Å². The number of ketones is 1. The third kappa shape index (κ3) is 3.78. The molecule has 2 rings (SSSR count). The van der Waals surface area contributed by atoms with Gasteiger partial charge in [0.25, 0.3) is 0 Å². The highest BCUT2D eigenvalue weighted by Crippen LogP contribution is 2.09.